The molecule has 0 saturated heterocycles. The van der Waals surface area contributed by atoms with Crippen LogP contribution in [0.5, 0.6) is 0 Å². The van der Waals surface area contributed by atoms with Crippen molar-refractivity contribution >= 4 is 21.6 Å². The fourth-order valence-electron chi connectivity index (χ4n) is 1.33. The number of fused-ring (bicyclic) bond motifs is 1. The van der Waals surface area contributed by atoms with Gasteiger partial charge in [-0.05, 0) is 26.0 Å². The molecule has 12 heavy (non-hydrogen) atoms. The summed E-state index contributed by atoms with van der Waals surface area (Å²) in [6.45, 7) is 4.07. The van der Waals surface area contributed by atoms with E-state index in [1.807, 2.05) is 19.2 Å². The van der Waals surface area contributed by atoms with Crippen LogP contribution in [0.1, 0.15) is 11.4 Å². The van der Waals surface area contributed by atoms with Gasteiger partial charge in [0.1, 0.15) is 5.65 Å². The van der Waals surface area contributed by atoms with Crippen molar-refractivity contribution in [2.24, 2.45) is 0 Å². The molecule has 0 saturated carbocycles. The highest BCUT2D eigenvalue weighted by atomic mass is 79.9. The number of aromatic nitrogens is 2. The lowest BCUT2D eigenvalue weighted by Crippen LogP contribution is -1.88. The summed E-state index contributed by atoms with van der Waals surface area (Å²) in [7, 11) is 0. The first-order chi connectivity index (χ1) is 5.66. The molecule has 0 aliphatic carbocycles. The summed E-state index contributed by atoms with van der Waals surface area (Å²) in [4.78, 5) is 4.37. The molecular weight excluding hydrogens is 216 g/mol. The largest absolute Gasteiger partial charge is 0.304 e. The van der Waals surface area contributed by atoms with Crippen LogP contribution in [0.2, 0.25) is 0 Å². The summed E-state index contributed by atoms with van der Waals surface area (Å²) >= 11 is 3.44. The van der Waals surface area contributed by atoms with Gasteiger partial charge in [0.25, 0.3) is 0 Å². The van der Waals surface area contributed by atoms with E-state index in [2.05, 4.69) is 38.3 Å². The van der Waals surface area contributed by atoms with E-state index in [9.17, 15) is 0 Å². The van der Waals surface area contributed by atoms with Crippen LogP contribution in [0.4, 0.5) is 0 Å². The molecule has 2 aromatic heterocycles. The van der Waals surface area contributed by atoms with Crippen molar-refractivity contribution < 1.29 is 0 Å². The van der Waals surface area contributed by atoms with Gasteiger partial charge < -0.3 is 4.40 Å². The molecule has 0 unspecified atom stereocenters. The van der Waals surface area contributed by atoms with Crippen molar-refractivity contribution in [3.05, 3.63) is 34.2 Å². The van der Waals surface area contributed by atoms with Crippen LogP contribution in [0.15, 0.2) is 22.8 Å². The molecule has 0 bridgehead atoms. The Labute approximate surface area is 79.4 Å². The van der Waals surface area contributed by atoms with Crippen LogP contribution >= 0.6 is 15.9 Å². The maximum Gasteiger partial charge on any atom is 0.138 e. The lowest BCUT2D eigenvalue weighted by Gasteiger charge is -1.98. The molecule has 0 amide bonds. The molecule has 0 aliphatic heterocycles. The molecule has 3 heteroatoms. The first-order valence-corrected chi connectivity index (χ1v) is 4.58. The Hall–Kier alpha value is -0.830. The zero-order valence-electron chi connectivity index (χ0n) is 7.00. The maximum atomic E-state index is 4.37. The molecule has 0 fully saturated rings. The predicted octanol–water partition coefficient (Wildman–Crippen LogP) is 2.71. The minimum Gasteiger partial charge on any atom is -0.304 e. The number of rotatable bonds is 0. The third kappa shape index (κ3) is 1.14. The number of hydrogen-bond donors (Lipinski definition) is 0. The molecule has 2 nitrogen and oxygen atoms in total. The van der Waals surface area contributed by atoms with Gasteiger partial charge in [0.15, 0.2) is 0 Å². The quantitative estimate of drug-likeness (QED) is 0.673. The lowest BCUT2D eigenvalue weighted by atomic mass is 10.4. The monoisotopic (exact) mass is 224 g/mol. The molecule has 0 N–H and O–H groups in total. The third-order valence-corrected chi connectivity index (χ3v) is 2.31. The van der Waals surface area contributed by atoms with E-state index in [0.717, 1.165) is 15.8 Å². The highest BCUT2D eigenvalue weighted by molar-refractivity contribution is 9.10. The highest BCUT2D eigenvalue weighted by Gasteiger charge is 2.00. The van der Waals surface area contributed by atoms with E-state index in [0.29, 0.717) is 0 Å². The molecule has 0 radical (unpaired) electrons. The average molecular weight is 225 g/mol. The topological polar surface area (TPSA) is 17.3 Å². The Bertz CT molecular complexity index is 431. The second-order valence-corrected chi connectivity index (χ2v) is 3.84. The van der Waals surface area contributed by atoms with Crippen molar-refractivity contribution in [1.82, 2.24) is 9.38 Å². The summed E-state index contributed by atoms with van der Waals surface area (Å²) in [5, 5.41) is 0. The summed E-state index contributed by atoms with van der Waals surface area (Å²) in [6.07, 6.45) is 2.04. The minimum atomic E-state index is 0.999. The first-order valence-electron chi connectivity index (χ1n) is 3.78. The predicted molar refractivity (Wildman–Crippen MR) is 52.4 cm³/mol. The van der Waals surface area contributed by atoms with E-state index in [1.165, 1.54) is 5.69 Å². The summed E-state index contributed by atoms with van der Waals surface area (Å²) in [6, 6.07) is 4.09. The van der Waals surface area contributed by atoms with Crippen molar-refractivity contribution in [1.29, 1.82) is 0 Å². The van der Waals surface area contributed by atoms with Crippen LogP contribution in [-0.4, -0.2) is 9.38 Å². The smallest absolute Gasteiger partial charge is 0.138 e. The van der Waals surface area contributed by atoms with Gasteiger partial charge in [0.05, 0.1) is 5.69 Å². The maximum absolute atomic E-state index is 4.37. The van der Waals surface area contributed by atoms with Gasteiger partial charge >= 0.3 is 0 Å². The van der Waals surface area contributed by atoms with Gasteiger partial charge in [-0.15, -0.1) is 0 Å². The number of hydrogen-bond acceptors (Lipinski definition) is 1. The Morgan fingerprint density at radius 3 is 2.83 bits per heavy atom. The fraction of sp³-hybridized carbons (Fsp3) is 0.222. The van der Waals surface area contributed by atoms with Crippen molar-refractivity contribution in [2.75, 3.05) is 0 Å². The van der Waals surface area contributed by atoms with Crippen molar-refractivity contribution in [2.45, 2.75) is 13.8 Å². The SMILES string of the molecule is Cc1cn2c(C)cc(Br)cc2n1. The molecule has 2 heterocycles. The van der Waals surface area contributed by atoms with Gasteiger partial charge in [-0.25, -0.2) is 4.98 Å². The van der Waals surface area contributed by atoms with Crippen LogP contribution < -0.4 is 0 Å². The fourth-order valence-corrected chi connectivity index (χ4v) is 1.87. The number of imidazole rings is 1. The van der Waals surface area contributed by atoms with Crippen LogP contribution in [0.25, 0.3) is 5.65 Å². The Balaban J connectivity index is 2.88. The zero-order chi connectivity index (χ0) is 8.72. The molecule has 0 spiro atoms. The van der Waals surface area contributed by atoms with Crippen LogP contribution in [0.3, 0.4) is 0 Å². The number of nitrogens with zero attached hydrogens (tertiary/aromatic N) is 2. The van der Waals surface area contributed by atoms with Gasteiger partial charge in [-0.3, -0.25) is 0 Å². The average Bonchev–Trinajstić information content (AvgIpc) is 2.29. The minimum absolute atomic E-state index is 0.999. The normalized spacial score (nSPS) is 10.9. The van der Waals surface area contributed by atoms with E-state index in [-0.39, 0.29) is 0 Å². The molecule has 0 atom stereocenters. The summed E-state index contributed by atoms with van der Waals surface area (Å²) in [5.74, 6) is 0. The zero-order valence-corrected chi connectivity index (χ0v) is 8.59. The van der Waals surface area contributed by atoms with Gasteiger partial charge in [0.2, 0.25) is 0 Å². The van der Waals surface area contributed by atoms with Crippen LogP contribution in [-0.2, 0) is 0 Å². The van der Waals surface area contributed by atoms with E-state index in [4.69, 9.17) is 0 Å². The number of pyridine rings is 1. The van der Waals surface area contributed by atoms with Crippen LogP contribution in [0, 0.1) is 13.8 Å². The van der Waals surface area contributed by atoms with Crippen molar-refractivity contribution in [3.63, 3.8) is 0 Å². The molecule has 2 aromatic rings. The van der Waals surface area contributed by atoms with Crippen molar-refractivity contribution in [3.8, 4) is 0 Å². The Morgan fingerprint density at radius 1 is 1.33 bits per heavy atom. The molecule has 0 aliphatic rings. The Morgan fingerprint density at radius 2 is 2.08 bits per heavy atom. The lowest BCUT2D eigenvalue weighted by molar-refractivity contribution is 1.09. The molecule has 62 valence electrons. The third-order valence-electron chi connectivity index (χ3n) is 1.85. The van der Waals surface area contributed by atoms with E-state index >= 15 is 0 Å². The second kappa shape index (κ2) is 2.59. The Kier molecular flexibility index (Phi) is 1.68. The van der Waals surface area contributed by atoms with Gasteiger partial charge in [0, 0.05) is 16.4 Å². The second-order valence-electron chi connectivity index (χ2n) is 2.93. The van der Waals surface area contributed by atoms with E-state index in [1.54, 1.807) is 0 Å². The van der Waals surface area contributed by atoms with E-state index < -0.39 is 0 Å². The van der Waals surface area contributed by atoms with Gasteiger partial charge in [-0.2, -0.15) is 0 Å². The first kappa shape index (κ1) is 7.80. The molecule has 0 aromatic carbocycles. The van der Waals surface area contributed by atoms with Gasteiger partial charge in [-0.1, -0.05) is 15.9 Å². The number of halogens is 1. The molecule has 2 rings (SSSR count). The standard InChI is InChI=1S/C9H9BrN2/c1-6-5-12-7(2)3-8(10)4-9(12)11-6/h3-5H,1-2H3. The summed E-state index contributed by atoms with van der Waals surface area (Å²) < 4.78 is 3.16. The highest BCUT2D eigenvalue weighted by Crippen LogP contribution is 2.16. The molecular formula is C9H9BrN2. The summed E-state index contributed by atoms with van der Waals surface area (Å²) in [5.41, 5.74) is 3.25. The number of aryl methyl sites for hydroxylation is 2.